The minimum absolute atomic E-state index is 0.278. The summed E-state index contributed by atoms with van der Waals surface area (Å²) in [5, 5.41) is 2.21. The molecule has 1 fully saturated rings. The predicted octanol–water partition coefficient (Wildman–Crippen LogP) is 3.45. The van der Waals surface area contributed by atoms with Crippen LogP contribution < -0.4 is 5.43 Å². The Morgan fingerprint density at radius 3 is 2.55 bits per heavy atom. The molecule has 0 bridgehead atoms. The molecule has 1 heterocycles. The number of hydrogen-bond acceptors (Lipinski definition) is 4. The van der Waals surface area contributed by atoms with Gasteiger partial charge < -0.3 is 10.2 Å². The molecule has 1 aliphatic rings. The van der Waals surface area contributed by atoms with Gasteiger partial charge in [-0.05, 0) is 51.8 Å². The summed E-state index contributed by atoms with van der Waals surface area (Å²) < 4.78 is 5.39. The third-order valence-corrected chi connectivity index (χ3v) is 3.14. The van der Waals surface area contributed by atoms with Crippen molar-refractivity contribution in [3.8, 4) is 0 Å². The smallest absolute Gasteiger partial charge is 0.338 e. The maximum absolute atomic E-state index is 12.0. The van der Waals surface area contributed by atoms with E-state index in [4.69, 9.17) is 4.74 Å². The fourth-order valence-corrected chi connectivity index (χ4v) is 2.24. The van der Waals surface area contributed by atoms with Gasteiger partial charge >= 0.3 is 5.97 Å². The summed E-state index contributed by atoms with van der Waals surface area (Å²) in [4.78, 5) is 12.0. The van der Waals surface area contributed by atoms with Crippen LogP contribution in [-0.2, 0) is 4.74 Å². The van der Waals surface area contributed by atoms with Crippen molar-refractivity contribution < 1.29 is 9.53 Å². The highest BCUT2D eigenvalue weighted by Gasteiger charge is 2.18. The van der Waals surface area contributed by atoms with E-state index in [1.807, 2.05) is 39.0 Å². The zero-order chi connectivity index (χ0) is 14.6. The minimum Gasteiger partial charge on any atom is -0.456 e. The SMILES string of the molecule is CC(C)(C)OC(=O)c1cccc(NN2CCCCC2)c1. The van der Waals surface area contributed by atoms with Gasteiger partial charge in [-0.2, -0.15) is 0 Å². The molecule has 0 spiro atoms. The van der Waals surface area contributed by atoms with Crippen LogP contribution >= 0.6 is 0 Å². The Kier molecular flexibility index (Phi) is 4.65. The van der Waals surface area contributed by atoms with Crippen LogP contribution in [0, 0.1) is 0 Å². The summed E-state index contributed by atoms with van der Waals surface area (Å²) in [5.74, 6) is -0.278. The second-order valence-electron chi connectivity index (χ2n) is 6.24. The highest BCUT2D eigenvalue weighted by molar-refractivity contribution is 5.90. The maximum atomic E-state index is 12.0. The van der Waals surface area contributed by atoms with Crippen molar-refractivity contribution in [2.75, 3.05) is 18.5 Å². The number of hydrogen-bond donors (Lipinski definition) is 1. The van der Waals surface area contributed by atoms with Crippen molar-refractivity contribution in [2.24, 2.45) is 0 Å². The van der Waals surface area contributed by atoms with Gasteiger partial charge in [0.1, 0.15) is 5.60 Å². The predicted molar refractivity (Wildman–Crippen MR) is 80.7 cm³/mol. The van der Waals surface area contributed by atoms with Gasteiger partial charge in [-0.25, -0.2) is 9.80 Å². The lowest BCUT2D eigenvalue weighted by atomic mass is 10.1. The molecule has 1 N–H and O–H groups in total. The molecule has 1 saturated heterocycles. The normalized spacial score (nSPS) is 16.8. The van der Waals surface area contributed by atoms with Crippen molar-refractivity contribution in [2.45, 2.75) is 45.6 Å². The molecule has 20 heavy (non-hydrogen) atoms. The van der Waals surface area contributed by atoms with Crippen LogP contribution in [0.3, 0.4) is 0 Å². The van der Waals surface area contributed by atoms with Crippen molar-refractivity contribution in [3.05, 3.63) is 29.8 Å². The van der Waals surface area contributed by atoms with E-state index < -0.39 is 5.60 Å². The van der Waals surface area contributed by atoms with E-state index in [0.717, 1.165) is 18.8 Å². The van der Waals surface area contributed by atoms with E-state index in [2.05, 4.69) is 10.4 Å². The number of piperidine rings is 1. The molecule has 1 aliphatic heterocycles. The van der Waals surface area contributed by atoms with Crippen LogP contribution in [0.1, 0.15) is 50.4 Å². The Morgan fingerprint density at radius 1 is 1.20 bits per heavy atom. The summed E-state index contributed by atoms with van der Waals surface area (Å²) in [6.07, 6.45) is 3.74. The van der Waals surface area contributed by atoms with Crippen molar-refractivity contribution in [1.29, 1.82) is 0 Å². The highest BCUT2D eigenvalue weighted by Crippen LogP contribution is 2.17. The Balaban J connectivity index is 2.01. The van der Waals surface area contributed by atoms with Crippen molar-refractivity contribution >= 4 is 11.7 Å². The topological polar surface area (TPSA) is 41.6 Å². The number of anilines is 1. The van der Waals surface area contributed by atoms with Crippen LogP contribution in [-0.4, -0.2) is 29.7 Å². The first kappa shape index (κ1) is 14.9. The number of nitrogens with one attached hydrogen (secondary N) is 1. The average Bonchev–Trinajstić information content (AvgIpc) is 2.38. The quantitative estimate of drug-likeness (QED) is 0.859. The van der Waals surface area contributed by atoms with Gasteiger partial charge in [-0.1, -0.05) is 12.5 Å². The number of esters is 1. The van der Waals surface area contributed by atoms with Gasteiger partial charge in [0.05, 0.1) is 5.56 Å². The lowest BCUT2D eigenvalue weighted by Crippen LogP contribution is -2.34. The fourth-order valence-electron chi connectivity index (χ4n) is 2.24. The molecule has 4 heteroatoms. The summed E-state index contributed by atoms with van der Waals surface area (Å²) in [5.41, 5.74) is 4.42. The highest BCUT2D eigenvalue weighted by atomic mass is 16.6. The Bertz CT molecular complexity index is 460. The molecule has 4 nitrogen and oxygen atoms in total. The van der Waals surface area contributed by atoms with E-state index in [9.17, 15) is 4.79 Å². The summed E-state index contributed by atoms with van der Waals surface area (Å²) in [6, 6.07) is 7.49. The molecule has 0 amide bonds. The van der Waals surface area contributed by atoms with Crippen molar-refractivity contribution in [3.63, 3.8) is 0 Å². The molecule has 2 rings (SSSR count). The minimum atomic E-state index is -0.465. The van der Waals surface area contributed by atoms with Crippen LogP contribution in [0.2, 0.25) is 0 Å². The van der Waals surface area contributed by atoms with Crippen LogP contribution in [0.15, 0.2) is 24.3 Å². The molecule has 0 atom stereocenters. The molecule has 0 saturated carbocycles. The monoisotopic (exact) mass is 276 g/mol. The first-order valence-electron chi connectivity index (χ1n) is 7.29. The van der Waals surface area contributed by atoms with Crippen LogP contribution in [0.5, 0.6) is 0 Å². The fraction of sp³-hybridized carbons (Fsp3) is 0.562. The number of ether oxygens (including phenoxy) is 1. The van der Waals surface area contributed by atoms with Gasteiger partial charge in [0, 0.05) is 18.8 Å². The van der Waals surface area contributed by atoms with Crippen molar-refractivity contribution in [1.82, 2.24) is 5.01 Å². The number of benzene rings is 1. The average molecular weight is 276 g/mol. The summed E-state index contributed by atoms with van der Waals surface area (Å²) >= 11 is 0. The number of hydrazine groups is 1. The molecule has 0 aliphatic carbocycles. The molecule has 1 aromatic carbocycles. The first-order valence-corrected chi connectivity index (χ1v) is 7.29. The van der Waals surface area contributed by atoms with Crippen LogP contribution in [0.4, 0.5) is 5.69 Å². The zero-order valence-corrected chi connectivity index (χ0v) is 12.6. The molecule has 0 radical (unpaired) electrons. The second kappa shape index (κ2) is 6.27. The molecule has 1 aromatic rings. The lowest BCUT2D eigenvalue weighted by Gasteiger charge is -2.28. The third-order valence-electron chi connectivity index (χ3n) is 3.14. The Hall–Kier alpha value is -1.55. The lowest BCUT2D eigenvalue weighted by molar-refractivity contribution is 0.00696. The zero-order valence-electron chi connectivity index (χ0n) is 12.6. The molecule has 0 aromatic heterocycles. The summed E-state index contributed by atoms with van der Waals surface area (Å²) in [6.45, 7) is 7.73. The van der Waals surface area contributed by atoms with Gasteiger partial charge in [-0.3, -0.25) is 0 Å². The standard InChI is InChI=1S/C16H24N2O2/c1-16(2,3)20-15(19)13-8-7-9-14(12-13)17-18-10-5-4-6-11-18/h7-9,12,17H,4-6,10-11H2,1-3H3. The second-order valence-corrected chi connectivity index (χ2v) is 6.24. The Morgan fingerprint density at radius 2 is 1.90 bits per heavy atom. The molecule has 0 unspecified atom stereocenters. The first-order chi connectivity index (χ1) is 9.44. The van der Waals surface area contributed by atoms with E-state index >= 15 is 0 Å². The Labute approximate surface area is 121 Å². The van der Waals surface area contributed by atoms with E-state index in [1.165, 1.54) is 19.3 Å². The molecular formula is C16H24N2O2. The number of rotatable bonds is 3. The van der Waals surface area contributed by atoms with Crippen LogP contribution in [0.25, 0.3) is 0 Å². The van der Waals surface area contributed by atoms with E-state index in [1.54, 1.807) is 6.07 Å². The molecule has 110 valence electrons. The third kappa shape index (κ3) is 4.53. The maximum Gasteiger partial charge on any atom is 0.338 e. The van der Waals surface area contributed by atoms with E-state index in [-0.39, 0.29) is 5.97 Å². The van der Waals surface area contributed by atoms with Gasteiger partial charge in [0.2, 0.25) is 0 Å². The van der Waals surface area contributed by atoms with Gasteiger partial charge in [0.25, 0.3) is 0 Å². The number of nitrogens with zero attached hydrogens (tertiary/aromatic N) is 1. The molecular weight excluding hydrogens is 252 g/mol. The van der Waals surface area contributed by atoms with Gasteiger partial charge in [0.15, 0.2) is 0 Å². The van der Waals surface area contributed by atoms with Gasteiger partial charge in [-0.15, -0.1) is 0 Å². The largest absolute Gasteiger partial charge is 0.456 e. The number of carbonyl (C=O) groups excluding carboxylic acids is 1. The van der Waals surface area contributed by atoms with E-state index in [0.29, 0.717) is 5.56 Å². The summed E-state index contributed by atoms with van der Waals surface area (Å²) in [7, 11) is 0. The number of carbonyl (C=O) groups is 1.